The van der Waals surface area contributed by atoms with Crippen molar-refractivity contribution < 1.29 is 28.5 Å². The van der Waals surface area contributed by atoms with Gasteiger partial charge in [-0.1, -0.05) is 12.1 Å². The van der Waals surface area contributed by atoms with Crippen LogP contribution in [0.1, 0.15) is 28.9 Å². The maximum atomic E-state index is 12.2. The molecule has 0 aliphatic heterocycles. The predicted octanol–water partition coefficient (Wildman–Crippen LogP) is 2.75. The van der Waals surface area contributed by atoms with E-state index in [2.05, 4.69) is 5.32 Å². The molecule has 0 saturated heterocycles. The van der Waals surface area contributed by atoms with E-state index in [0.29, 0.717) is 11.5 Å². The van der Waals surface area contributed by atoms with E-state index in [1.54, 1.807) is 13.2 Å². The van der Waals surface area contributed by atoms with E-state index < -0.39 is 18.5 Å². The summed E-state index contributed by atoms with van der Waals surface area (Å²) in [5.74, 6) is 0.610. The maximum absolute atomic E-state index is 12.2. The molecule has 2 aromatic carbocycles. The molecule has 1 atom stereocenters. The van der Waals surface area contributed by atoms with Crippen LogP contribution in [-0.2, 0) is 9.53 Å². The molecule has 0 aromatic heterocycles. The van der Waals surface area contributed by atoms with Gasteiger partial charge in [-0.2, -0.15) is 0 Å². The second-order valence-electron chi connectivity index (χ2n) is 5.74. The summed E-state index contributed by atoms with van der Waals surface area (Å²) in [7, 11) is 4.56. The second kappa shape index (κ2) is 9.47. The smallest absolute Gasteiger partial charge is 0.338 e. The molecule has 27 heavy (non-hydrogen) atoms. The molecule has 7 nitrogen and oxygen atoms in total. The minimum Gasteiger partial charge on any atom is -0.497 e. The Bertz CT molecular complexity index is 765. The Morgan fingerprint density at radius 1 is 0.889 bits per heavy atom. The molecule has 0 aliphatic rings. The number of nitrogens with one attached hydrogen (secondary N) is 1. The summed E-state index contributed by atoms with van der Waals surface area (Å²) in [5, 5.41) is 2.78. The lowest BCUT2D eigenvalue weighted by molar-refractivity contribution is -0.124. The molecule has 144 valence electrons. The van der Waals surface area contributed by atoms with Gasteiger partial charge >= 0.3 is 5.97 Å². The quantitative estimate of drug-likeness (QED) is 0.717. The number of benzene rings is 2. The Kier molecular flexibility index (Phi) is 7.05. The molecular formula is C20H23NO6. The standard InChI is InChI=1S/C20H23NO6/c1-13(14-5-7-16(24-2)8-6-14)21-19(22)12-27-20(23)15-9-17(25-3)11-18(10-15)26-4/h5-11,13H,12H2,1-4H3,(H,21,22). The van der Waals surface area contributed by atoms with Crippen LogP contribution in [0, 0.1) is 0 Å². The lowest BCUT2D eigenvalue weighted by Gasteiger charge is -2.15. The van der Waals surface area contributed by atoms with Crippen LogP contribution in [-0.4, -0.2) is 39.8 Å². The van der Waals surface area contributed by atoms with Crippen LogP contribution in [0.3, 0.4) is 0 Å². The van der Waals surface area contributed by atoms with Crippen LogP contribution in [0.15, 0.2) is 42.5 Å². The molecule has 0 bridgehead atoms. The highest BCUT2D eigenvalue weighted by Crippen LogP contribution is 2.23. The minimum atomic E-state index is -0.639. The molecule has 1 N–H and O–H groups in total. The number of carbonyl (C=O) groups excluding carboxylic acids is 2. The highest BCUT2D eigenvalue weighted by molar-refractivity contribution is 5.92. The number of carbonyl (C=O) groups is 2. The summed E-state index contributed by atoms with van der Waals surface area (Å²) >= 11 is 0. The average Bonchev–Trinajstić information content (AvgIpc) is 2.71. The zero-order valence-electron chi connectivity index (χ0n) is 15.8. The first-order valence-electron chi connectivity index (χ1n) is 8.30. The van der Waals surface area contributed by atoms with Gasteiger partial charge in [0.15, 0.2) is 6.61 Å². The van der Waals surface area contributed by atoms with E-state index >= 15 is 0 Å². The predicted molar refractivity (Wildman–Crippen MR) is 99.4 cm³/mol. The van der Waals surface area contributed by atoms with Crippen LogP contribution in [0.25, 0.3) is 0 Å². The molecule has 2 aromatic rings. The monoisotopic (exact) mass is 373 g/mol. The summed E-state index contributed by atoms with van der Waals surface area (Å²) in [4.78, 5) is 24.3. The Balaban J connectivity index is 1.91. The first-order valence-corrected chi connectivity index (χ1v) is 8.30. The van der Waals surface area contributed by atoms with Gasteiger partial charge in [0, 0.05) is 6.07 Å². The highest BCUT2D eigenvalue weighted by atomic mass is 16.5. The van der Waals surface area contributed by atoms with Crippen molar-refractivity contribution in [3.8, 4) is 17.2 Å². The summed E-state index contributed by atoms with van der Waals surface area (Å²) in [6, 6.07) is 11.8. The van der Waals surface area contributed by atoms with E-state index in [4.69, 9.17) is 18.9 Å². The van der Waals surface area contributed by atoms with Crippen molar-refractivity contribution in [2.75, 3.05) is 27.9 Å². The van der Waals surface area contributed by atoms with Crippen molar-refractivity contribution in [1.29, 1.82) is 0 Å². The minimum absolute atomic E-state index is 0.237. The van der Waals surface area contributed by atoms with Crippen molar-refractivity contribution in [1.82, 2.24) is 5.32 Å². The van der Waals surface area contributed by atoms with Gasteiger partial charge in [-0.25, -0.2) is 4.79 Å². The third-order valence-corrected chi connectivity index (χ3v) is 3.91. The van der Waals surface area contributed by atoms with E-state index in [1.165, 1.54) is 26.4 Å². The fourth-order valence-corrected chi connectivity index (χ4v) is 2.40. The topological polar surface area (TPSA) is 83.1 Å². The average molecular weight is 373 g/mol. The zero-order valence-corrected chi connectivity index (χ0v) is 15.8. The molecule has 7 heteroatoms. The van der Waals surface area contributed by atoms with Gasteiger partial charge in [0.05, 0.1) is 32.9 Å². The van der Waals surface area contributed by atoms with Gasteiger partial charge < -0.3 is 24.3 Å². The number of esters is 1. The molecule has 0 heterocycles. The fourth-order valence-electron chi connectivity index (χ4n) is 2.40. The zero-order chi connectivity index (χ0) is 19.8. The SMILES string of the molecule is COc1ccc(C(C)NC(=O)COC(=O)c2cc(OC)cc(OC)c2)cc1. The Labute approximate surface area is 158 Å². The Hall–Kier alpha value is -3.22. The van der Waals surface area contributed by atoms with E-state index in [9.17, 15) is 9.59 Å². The third kappa shape index (κ3) is 5.64. The van der Waals surface area contributed by atoms with Crippen molar-refractivity contribution >= 4 is 11.9 Å². The van der Waals surface area contributed by atoms with Gasteiger partial charge in [-0.15, -0.1) is 0 Å². The van der Waals surface area contributed by atoms with E-state index in [1.807, 2.05) is 31.2 Å². The number of rotatable bonds is 8. The summed E-state index contributed by atoms with van der Waals surface area (Å²) in [5.41, 5.74) is 1.15. The van der Waals surface area contributed by atoms with Gasteiger partial charge in [0.1, 0.15) is 17.2 Å². The lowest BCUT2D eigenvalue weighted by atomic mass is 10.1. The van der Waals surface area contributed by atoms with Gasteiger partial charge in [-0.05, 0) is 36.8 Å². The molecule has 0 saturated carbocycles. The van der Waals surface area contributed by atoms with Crippen LogP contribution >= 0.6 is 0 Å². The van der Waals surface area contributed by atoms with Crippen LogP contribution in [0.5, 0.6) is 17.2 Å². The fraction of sp³-hybridized carbons (Fsp3) is 0.300. The summed E-state index contributed by atoms with van der Waals surface area (Å²) in [6.45, 7) is 1.45. The molecular weight excluding hydrogens is 350 g/mol. The van der Waals surface area contributed by atoms with E-state index in [0.717, 1.165) is 11.3 Å². The van der Waals surface area contributed by atoms with Gasteiger partial charge in [-0.3, -0.25) is 4.79 Å². The van der Waals surface area contributed by atoms with Crippen LogP contribution in [0.4, 0.5) is 0 Å². The molecule has 2 rings (SSSR count). The number of hydrogen-bond donors (Lipinski definition) is 1. The van der Waals surface area contributed by atoms with Crippen molar-refractivity contribution in [3.05, 3.63) is 53.6 Å². The number of hydrogen-bond acceptors (Lipinski definition) is 6. The van der Waals surface area contributed by atoms with Crippen molar-refractivity contribution in [2.24, 2.45) is 0 Å². The normalized spacial score (nSPS) is 11.3. The van der Waals surface area contributed by atoms with Crippen molar-refractivity contribution in [3.63, 3.8) is 0 Å². The number of methoxy groups -OCH3 is 3. The number of ether oxygens (including phenoxy) is 4. The van der Waals surface area contributed by atoms with Crippen molar-refractivity contribution in [2.45, 2.75) is 13.0 Å². The summed E-state index contributed by atoms with van der Waals surface area (Å²) < 4.78 is 20.4. The van der Waals surface area contributed by atoms with Gasteiger partial charge in [0.2, 0.25) is 0 Å². The van der Waals surface area contributed by atoms with Crippen LogP contribution < -0.4 is 19.5 Å². The highest BCUT2D eigenvalue weighted by Gasteiger charge is 2.15. The maximum Gasteiger partial charge on any atom is 0.338 e. The third-order valence-electron chi connectivity index (χ3n) is 3.91. The molecule has 1 unspecified atom stereocenters. The Morgan fingerprint density at radius 2 is 1.44 bits per heavy atom. The largest absolute Gasteiger partial charge is 0.497 e. The lowest BCUT2D eigenvalue weighted by Crippen LogP contribution is -2.31. The molecule has 0 spiro atoms. The van der Waals surface area contributed by atoms with E-state index in [-0.39, 0.29) is 11.6 Å². The molecule has 0 aliphatic carbocycles. The first-order chi connectivity index (χ1) is 13.0. The van der Waals surface area contributed by atoms with Gasteiger partial charge in [0.25, 0.3) is 5.91 Å². The van der Waals surface area contributed by atoms with Crippen LogP contribution in [0.2, 0.25) is 0 Å². The summed E-state index contributed by atoms with van der Waals surface area (Å²) in [6.07, 6.45) is 0. The molecule has 0 fully saturated rings. The Morgan fingerprint density at radius 3 is 1.96 bits per heavy atom. The molecule has 0 radical (unpaired) electrons. The second-order valence-corrected chi connectivity index (χ2v) is 5.74. The first kappa shape index (κ1) is 20.1. The molecule has 1 amide bonds. The number of amides is 1.